The van der Waals surface area contributed by atoms with Gasteiger partial charge in [-0.3, -0.25) is 19.2 Å². The Bertz CT molecular complexity index is 316. The van der Waals surface area contributed by atoms with Crippen LogP contribution in [0.1, 0.15) is 77.0 Å². The predicted octanol–water partition coefficient (Wildman–Crippen LogP) is 2.99. The van der Waals surface area contributed by atoms with E-state index in [0.29, 0.717) is 25.7 Å². The van der Waals surface area contributed by atoms with Crippen LogP contribution < -0.4 is 0 Å². The Kier molecular flexibility index (Phi) is 30.4. The molecule has 0 aliphatic heterocycles. The van der Waals surface area contributed by atoms with Crippen LogP contribution in [0.25, 0.3) is 0 Å². The molecule has 0 radical (unpaired) electrons. The van der Waals surface area contributed by atoms with Crippen LogP contribution >= 0.6 is 0 Å². The topological polar surface area (TPSA) is 149 Å². The van der Waals surface area contributed by atoms with Gasteiger partial charge >= 0.3 is 23.9 Å². The Labute approximate surface area is 179 Å². The van der Waals surface area contributed by atoms with E-state index in [9.17, 15) is 19.2 Å². The molecular formula is C16H28O8Ru2. The molecule has 0 aliphatic carbocycles. The van der Waals surface area contributed by atoms with E-state index in [-0.39, 0.29) is 64.6 Å². The molecule has 8 nitrogen and oxygen atoms in total. The minimum Gasteiger partial charge on any atom is -0.481 e. The van der Waals surface area contributed by atoms with Gasteiger partial charge in [0.2, 0.25) is 0 Å². The van der Waals surface area contributed by atoms with Gasteiger partial charge in [-0.05, 0) is 25.7 Å². The number of carboxylic acid groups (broad SMARTS) is 4. The Hall–Kier alpha value is -0.873. The maximum absolute atomic E-state index is 10.0. The first-order valence-corrected chi connectivity index (χ1v) is 8.13. The summed E-state index contributed by atoms with van der Waals surface area (Å²) in [6.45, 7) is 0. The number of aliphatic carboxylic acids is 4. The van der Waals surface area contributed by atoms with E-state index in [1.54, 1.807) is 0 Å². The van der Waals surface area contributed by atoms with Crippen LogP contribution in [0.5, 0.6) is 0 Å². The molecule has 0 heterocycles. The van der Waals surface area contributed by atoms with Crippen molar-refractivity contribution in [3.05, 3.63) is 0 Å². The Morgan fingerprint density at radius 2 is 0.538 bits per heavy atom. The summed E-state index contributed by atoms with van der Waals surface area (Å²) in [5.74, 6) is -3.14. The van der Waals surface area contributed by atoms with Crippen molar-refractivity contribution in [2.75, 3.05) is 0 Å². The van der Waals surface area contributed by atoms with Crippen LogP contribution in [0, 0.1) is 0 Å². The number of carbonyl (C=O) groups is 4. The maximum atomic E-state index is 10.0. The minimum atomic E-state index is -0.784. The van der Waals surface area contributed by atoms with E-state index in [4.69, 9.17) is 20.4 Å². The third kappa shape index (κ3) is 38.6. The van der Waals surface area contributed by atoms with Gasteiger partial charge < -0.3 is 20.4 Å². The molecule has 0 rings (SSSR count). The number of unbranched alkanes of at least 4 members (excludes halogenated alkanes) is 6. The number of hydrogen-bond acceptors (Lipinski definition) is 4. The first kappa shape index (κ1) is 32.8. The summed E-state index contributed by atoms with van der Waals surface area (Å²) in [6, 6.07) is 0. The quantitative estimate of drug-likeness (QED) is 0.191. The maximum Gasteiger partial charge on any atom is 0.303 e. The van der Waals surface area contributed by atoms with Crippen molar-refractivity contribution in [3.8, 4) is 0 Å². The summed E-state index contributed by atoms with van der Waals surface area (Å²) in [7, 11) is 0. The van der Waals surface area contributed by atoms with Crippen molar-refractivity contribution in [3.63, 3.8) is 0 Å². The second kappa shape index (κ2) is 24.1. The van der Waals surface area contributed by atoms with Crippen LogP contribution in [0.4, 0.5) is 0 Å². The molecule has 26 heavy (non-hydrogen) atoms. The van der Waals surface area contributed by atoms with Crippen molar-refractivity contribution in [2.24, 2.45) is 0 Å². The van der Waals surface area contributed by atoms with Crippen LogP contribution in [0.3, 0.4) is 0 Å². The van der Waals surface area contributed by atoms with Crippen LogP contribution in [-0.4, -0.2) is 44.3 Å². The monoisotopic (exact) mass is 552 g/mol. The van der Waals surface area contributed by atoms with Gasteiger partial charge in [0.1, 0.15) is 0 Å². The zero-order valence-corrected chi connectivity index (χ0v) is 18.1. The van der Waals surface area contributed by atoms with E-state index < -0.39 is 23.9 Å². The fraction of sp³-hybridized carbons (Fsp3) is 0.750. The average Bonchev–Trinajstić information content (AvgIpc) is 2.46. The normalized spacial score (nSPS) is 8.92. The van der Waals surface area contributed by atoms with E-state index in [1.165, 1.54) is 0 Å². The first-order valence-electron chi connectivity index (χ1n) is 8.13. The molecule has 0 aliphatic rings. The van der Waals surface area contributed by atoms with E-state index in [2.05, 4.69) is 0 Å². The minimum absolute atomic E-state index is 0. The number of hydrogen-bond donors (Lipinski definition) is 4. The second-order valence-electron chi connectivity index (χ2n) is 5.40. The van der Waals surface area contributed by atoms with Gasteiger partial charge in [0.25, 0.3) is 0 Å². The molecule has 0 bridgehead atoms. The molecule has 0 unspecified atom stereocenters. The molecular weight excluding hydrogens is 522 g/mol. The van der Waals surface area contributed by atoms with E-state index in [1.807, 2.05) is 0 Å². The zero-order chi connectivity index (χ0) is 18.8. The van der Waals surface area contributed by atoms with Crippen molar-refractivity contribution in [2.45, 2.75) is 77.0 Å². The first-order chi connectivity index (χ1) is 11.3. The van der Waals surface area contributed by atoms with Gasteiger partial charge in [0, 0.05) is 64.6 Å². The van der Waals surface area contributed by atoms with Crippen molar-refractivity contribution >= 4 is 23.9 Å². The van der Waals surface area contributed by atoms with Crippen molar-refractivity contribution in [1.82, 2.24) is 0 Å². The standard InChI is InChI=1S/2C8H14O4.2Ru/c2*9-7(10)5-3-1-2-4-6-8(11)12;;/h2*1-6H2,(H,9,10)(H,11,12);;. The summed E-state index contributed by atoms with van der Waals surface area (Å²) >= 11 is 0. The molecule has 0 aromatic heterocycles. The summed E-state index contributed by atoms with van der Waals surface area (Å²) in [4.78, 5) is 40.2. The zero-order valence-electron chi connectivity index (χ0n) is 14.6. The van der Waals surface area contributed by atoms with Crippen LogP contribution in [-0.2, 0) is 58.1 Å². The van der Waals surface area contributed by atoms with Crippen molar-refractivity contribution < 1.29 is 78.6 Å². The third-order valence-electron chi connectivity index (χ3n) is 3.06. The molecule has 0 saturated carbocycles. The molecule has 0 atom stereocenters. The van der Waals surface area contributed by atoms with Crippen LogP contribution in [0.2, 0.25) is 0 Å². The van der Waals surface area contributed by atoms with E-state index in [0.717, 1.165) is 25.7 Å². The average molecular weight is 551 g/mol. The summed E-state index contributed by atoms with van der Waals surface area (Å²) < 4.78 is 0. The molecule has 0 aromatic rings. The van der Waals surface area contributed by atoms with Gasteiger partial charge in [-0.2, -0.15) is 0 Å². The smallest absolute Gasteiger partial charge is 0.303 e. The van der Waals surface area contributed by atoms with Crippen LogP contribution in [0.15, 0.2) is 0 Å². The van der Waals surface area contributed by atoms with Gasteiger partial charge in [-0.15, -0.1) is 0 Å². The largest absolute Gasteiger partial charge is 0.481 e. The van der Waals surface area contributed by atoms with Gasteiger partial charge in [0.15, 0.2) is 0 Å². The summed E-state index contributed by atoms with van der Waals surface area (Å²) in [5, 5.41) is 33.1. The molecule has 10 heteroatoms. The SMILES string of the molecule is O=C(O)CCCCCCC(=O)O.O=C(O)CCCCCCC(=O)O.[Ru].[Ru]. The van der Waals surface area contributed by atoms with E-state index >= 15 is 0 Å². The number of carboxylic acids is 4. The molecule has 4 N–H and O–H groups in total. The molecule has 0 saturated heterocycles. The van der Waals surface area contributed by atoms with Gasteiger partial charge in [-0.25, -0.2) is 0 Å². The molecule has 0 spiro atoms. The molecule has 156 valence electrons. The third-order valence-corrected chi connectivity index (χ3v) is 3.06. The van der Waals surface area contributed by atoms with Gasteiger partial charge in [-0.1, -0.05) is 25.7 Å². The molecule has 0 aromatic carbocycles. The Morgan fingerprint density at radius 1 is 0.385 bits per heavy atom. The summed E-state index contributed by atoms with van der Waals surface area (Å²) in [6.07, 6.45) is 6.56. The number of rotatable bonds is 14. The second-order valence-corrected chi connectivity index (χ2v) is 5.40. The Morgan fingerprint density at radius 3 is 0.654 bits per heavy atom. The van der Waals surface area contributed by atoms with Gasteiger partial charge in [0.05, 0.1) is 0 Å². The van der Waals surface area contributed by atoms with Crippen molar-refractivity contribution in [1.29, 1.82) is 0 Å². The molecule has 0 fully saturated rings. The molecule has 0 amide bonds. The fourth-order valence-electron chi connectivity index (χ4n) is 1.81. The fourth-order valence-corrected chi connectivity index (χ4v) is 1.81. The summed E-state index contributed by atoms with van der Waals surface area (Å²) in [5.41, 5.74) is 0. The Balaban J connectivity index is -0.000000173. The predicted molar refractivity (Wildman–Crippen MR) is 85.9 cm³/mol.